The number of aromatic amines is 1. The minimum absolute atomic E-state index is 0.0595. The van der Waals surface area contributed by atoms with Crippen molar-refractivity contribution < 1.29 is 13.2 Å². The Morgan fingerprint density at radius 1 is 1.04 bits per heavy atom. The van der Waals surface area contributed by atoms with Crippen LogP contribution in [-0.2, 0) is 12.6 Å². The second kappa shape index (κ2) is 5.75. The average Bonchev–Trinajstić information content (AvgIpc) is 2.89. The van der Waals surface area contributed by atoms with Gasteiger partial charge in [-0.05, 0) is 23.8 Å². The Bertz CT molecular complexity index is 866. The van der Waals surface area contributed by atoms with Crippen LogP contribution in [0.4, 0.5) is 13.2 Å². The van der Waals surface area contributed by atoms with Gasteiger partial charge in [0, 0.05) is 24.4 Å². The standard InChI is InChI=1S/C16H12F3N3O/c17-16(18,19)13-6-2-1-5-11(13)9-12-10-21-22(15(12)23)14-7-3-4-8-20-14/h1-8,10,21H,9H2. The molecule has 0 atom stereocenters. The molecule has 1 aromatic carbocycles. The first-order chi connectivity index (χ1) is 11.0. The molecule has 4 nitrogen and oxygen atoms in total. The highest BCUT2D eigenvalue weighted by atomic mass is 19.4. The molecule has 0 aliphatic heterocycles. The van der Waals surface area contributed by atoms with Crippen LogP contribution in [-0.4, -0.2) is 14.8 Å². The maximum Gasteiger partial charge on any atom is 0.416 e. The van der Waals surface area contributed by atoms with E-state index in [0.717, 1.165) is 6.07 Å². The molecular weight excluding hydrogens is 307 g/mol. The van der Waals surface area contributed by atoms with Gasteiger partial charge in [-0.3, -0.25) is 9.89 Å². The zero-order chi connectivity index (χ0) is 16.4. The molecular formula is C16H12F3N3O. The van der Waals surface area contributed by atoms with Crippen molar-refractivity contribution in [3.8, 4) is 5.82 Å². The molecule has 3 rings (SSSR count). The first-order valence-corrected chi connectivity index (χ1v) is 6.82. The molecule has 2 heterocycles. The topological polar surface area (TPSA) is 50.7 Å². The number of aromatic nitrogens is 3. The number of alkyl halides is 3. The molecule has 0 saturated carbocycles. The minimum Gasteiger partial charge on any atom is -0.296 e. The van der Waals surface area contributed by atoms with E-state index in [1.165, 1.54) is 35.3 Å². The summed E-state index contributed by atoms with van der Waals surface area (Å²) in [6.07, 6.45) is -1.62. The summed E-state index contributed by atoms with van der Waals surface area (Å²) in [6.45, 7) is 0. The highest BCUT2D eigenvalue weighted by molar-refractivity contribution is 5.34. The molecule has 0 bridgehead atoms. The smallest absolute Gasteiger partial charge is 0.296 e. The molecule has 0 aliphatic carbocycles. The number of pyridine rings is 1. The van der Waals surface area contributed by atoms with Crippen molar-refractivity contribution >= 4 is 0 Å². The fourth-order valence-electron chi connectivity index (χ4n) is 2.35. The number of nitrogens with zero attached hydrogens (tertiary/aromatic N) is 2. The number of hydrogen-bond acceptors (Lipinski definition) is 2. The Morgan fingerprint density at radius 2 is 1.78 bits per heavy atom. The zero-order valence-corrected chi connectivity index (χ0v) is 11.8. The Kier molecular flexibility index (Phi) is 3.77. The van der Waals surface area contributed by atoms with Crippen LogP contribution < -0.4 is 5.56 Å². The molecule has 0 fully saturated rings. The van der Waals surface area contributed by atoms with Gasteiger partial charge < -0.3 is 0 Å². The normalized spacial score (nSPS) is 11.6. The predicted octanol–water partition coefficient (Wildman–Crippen LogP) is 3.17. The summed E-state index contributed by atoms with van der Waals surface area (Å²) in [6, 6.07) is 10.3. The Labute approximate surface area is 129 Å². The lowest BCUT2D eigenvalue weighted by Gasteiger charge is -2.11. The summed E-state index contributed by atoms with van der Waals surface area (Å²) >= 11 is 0. The molecule has 0 spiro atoms. The van der Waals surface area contributed by atoms with E-state index < -0.39 is 17.3 Å². The highest BCUT2D eigenvalue weighted by Crippen LogP contribution is 2.32. The Morgan fingerprint density at radius 3 is 2.48 bits per heavy atom. The van der Waals surface area contributed by atoms with Crippen LogP contribution in [0.15, 0.2) is 59.7 Å². The average molecular weight is 319 g/mol. The van der Waals surface area contributed by atoms with Gasteiger partial charge in [0.2, 0.25) is 0 Å². The molecule has 2 aromatic heterocycles. The number of H-pyrrole nitrogens is 1. The zero-order valence-electron chi connectivity index (χ0n) is 11.8. The fraction of sp³-hybridized carbons (Fsp3) is 0.125. The first-order valence-electron chi connectivity index (χ1n) is 6.82. The summed E-state index contributed by atoms with van der Waals surface area (Å²) in [5.74, 6) is 0.382. The van der Waals surface area contributed by atoms with Crippen molar-refractivity contribution in [2.45, 2.75) is 12.6 Å². The molecule has 0 aliphatic rings. The molecule has 3 aromatic rings. The lowest BCUT2D eigenvalue weighted by Crippen LogP contribution is -2.19. The van der Waals surface area contributed by atoms with E-state index in [4.69, 9.17) is 0 Å². The number of nitrogens with one attached hydrogen (secondary N) is 1. The highest BCUT2D eigenvalue weighted by Gasteiger charge is 2.33. The Balaban J connectivity index is 1.98. The van der Waals surface area contributed by atoms with Crippen LogP contribution in [0.2, 0.25) is 0 Å². The fourth-order valence-corrected chi connectivity index (χ4v) is 2.35. The number of hydrogen-bond donors (Lipinski definition) is 1. The van der Waals surface area contributed by atoms with Crippen molar-refractivity contribution in [2.75, 3.05) is 0 Å². The first kappa shape index (κ1) is 15.1. The van der Waals surface area contributed by atoms with E-state index in [0.29, 0.717) is 5.82 Å². The van der Waals surface area contributed by atoms with Gasteiger partial charge in [-0.1, -0.05) is 24.3 Å². The molecule has 0 saturated heterocycles. The van der Waals surface area contributed by atoms with E-state index in [1.807, 2.05) is 0 Å². The monoisotopic (exact) mass is 319 g/mol. The second-order valence-electron chi connectivity index (χ2n) is 4.96. The summed E-state index contributed by atoms with van der Waals surface area (Å²) < 4.78 is 40.3. The van der Waals surface area contributed by atoms with Crippen molar-refractivity contribution in [1.29, 1.82) is 0 Å². The summed E-state index contributed by atoms with van der Waals surface area (Å²) in [5.41, 5.74) is -0.845. The van der Waals surface area contributed by atoms with Crippen LogP contribution in [0.3, 0.4) is 0 Å². The van der Waals surface area contributed by atoms with Crippen LogP contribution in [0.5, 0.6) is 0 Å². The van der Waals surface area contributed by atoms with Gasteiger partial charge >= 0.3 is 6.18 Å². The third-order valence-corrected chi connectivity index (χ3v) is 3.43. The van der Waals surface area contributed by atoms with E-state index in [1.54, 1.807) is 18.2 Å². The lowest BCUT2D eigenvalue weighted by atomic mass is 10.0. The van der Waals surface area contributed by atoms with E-state index in [-0.39, 0.29) is 17.5 Å². The van der Waals surface area contributed by atoms with Gasteiger partial charge in [-0.2, -0.15) is 13.2 Å². The second-order valence-corrected chi connectivity index (χ2v) is 4.96. The van der Waals surface area contributed by atoms with Crippen molar-refractivity contribution in [3.05, 3.63) is 81.9 Å². The van der Waals surface area contributed by atoms with Crippen LogP contribution in [0, 0.1) is 0 Å². The predicted molar refractivity (Wildman–Crippen MR) is 78.4 cm³/mol. The van der Waals surface area contributed by atoms with E-state index in [9.17, 15) is 18.0 Å². The molecule has 0 radical (unpaired) electrons. The van der Waals surface area contributed by atoms with Crippen molar-refractivity contribution in [2.24, 2.45) is 0 Å². The molecule has 118 valence electrons. The molecule has 7 heteroatoms. The number of halogens is 3. The SMILES string of the molecule is O=c1c(Cc2ccccc2C(F)(F)F)c[nH]n1-c1ccccn1. The van der Waals surface area contributed by atoms with Crippen molar-refractivity contribution in [3.63, 3.8) is 0 Å². The van der Waals surface area contributed by atoms with Gasteiger partial charge in [0.1, 0.15) is 0 Å². The Hall–Kier alpha value is -2.83. The molecule has 23 heavy (non-hydrogen) atoms. The van der Waals surface area contributed by atoms with Gasteiger partial charge in [0.15, 0.2) is 5.82 Å². The number of benzene rings is 1. The lowest BCUT2D eigenvalue weighted by molar-refractivity contribution is -0.138. The summed E-state index contributed by atoms with van der Waals surface area (Å²) in [5, 5.41) is 2.73. The van der Waals surface area contributed by atoms with Gasteiger partial charge in [0.05, 0.1) is 5.56 Å². The summed E-state index contributed by atoms with van der Waals surface area (Å²) in [4.78, 5) is 16.4. The van der Waals surface area contributed by atoms with Crippen LogP contribution in [0.1, 0.15) is 16.7 Å². The quantitative estimate of drug-likeness (QED) is 0.806. The third kappa shape index (κ3) is 3.03. The number of rotatable bonds is 3. The minimum atomic E-state index is -4.45. The van der Waals surface area contributed by atoms with Crippen molar-refractivity contribution in [1.82, 2.24) is 14.8 Å². The van der Waals surface area contributed by atoms with Gasteiger partial charge in [-0.15, -0.1) is 0 Å². The van der Waals surface area contributed by atoms with E-state index >= 15 is 0 Å². The molecule has 0 amide bonds. The van der Waals surface area contributed by atoms with E-state index in [2.05, 4.69) is 10.1 Å². The summed E-state index contributed by atoms with van der Waals surface area (Å²) in [7, 11) is 0. The van der Waals surface area contributed by atoms with Gasteiger partial charge in [-0.25, -0.2) is 9.67 Å². The maximum atomic E-state index is 13.0. The molecule has 1 N–H and O–H groups in total. The molecule has 0 unspecified atom stereocenters. The third-order valence-electron chi connectivity index (χ3n) is 3.43. The van der Waals surface area contributed by atoms with Crippen LogP contribution >= 0.6 is 0 Å². The van der Waals surface area contributed by atoms with Gasteiger partial charge in [0.25, 0.3) is 5.56 Å². The maximum absolute atomic E-state index is 13.0. The largest absolute Gasteiger partial charge is 0.416 e. The van der Waals surface area contributed by atoms with Crippen LogP contribution in [0.25, 0.3) is 5.82 Å².